The summed E-state index contributed by atoms with van der Waals surface area (Å²) in [6, 6.07) is 5.38. The molecule has 1 fully saturated rings. The number of hydrogen-bond donors (Lipinski definition) is 1. The second-order valence-electron chi connectivity index (χ2n) is 4.97. The predicted molar refractivity (Wildman–Crippen MR) is 84.1 cm³/mol. The van der Waals surface area contributed by atoms with Crippen LogP contribution in [0.3, 0.4) is 0 Å². The Labute approximate surface area is 129 Å². The van der Waals surface area contributed by atoms with Gasteiger partial charge in [-0.25, -0.2) is 0 Å². The minimum Gasteiger partial charge on any atom is -0.339 e. The Morgan fingerprint density at radius 2 is 2.30 bits per heavy atom. The van der Waals surface area contributed by atoms with Crippen molar-refractivity contribution in [1.29, 1.82) is 0 Å². The molecule has 0 saturated carbocycles. The van der Waals surface area contributed by atoms with E-state index >= 15 is 0 Å². The Balaban J connectivity index is 1.98. The summed E-state index contributed by atoms with van der Waals surface area (Å²) in [7, 11) is 1.94. The van der Waals surface area contributed by atoms with E-state index in [1.54, 1.807) is 18.2 Å². The molecular weight excluding hydrogens is 295 g/mol. The molecule has 0 aliphatic carbocycles. The molecular formula is C15H18Cl2N2O. The van der Waals surface area contributed by atoms with E-state index in [-0.39, 0.29) is 5.91 Å². The number of nitrogens with one attached hydrogen (secondary N) is 1. The second kappa shape index (κ2) is 7.11. The van der Waals surface area contributed by atoms with Crippen molar-refractivity contribution >= 4 is 35.2 Å². The number of nitrogens with zero attached hydrogens (tertiary/aromatic N) is 1. The lowest BCUT2D eigenvalue weighted by atomic mass is 10.1. The lowest BCUT2D eigenvalue weighted by Gasteiger charge is -2.14. The third-order valence-corrected chi connectivity index (χ3v) is 4.31. The van der Waals surface area contributed by atoms with Gasteiger partial charge >= 0.3 is 0 Å². The second-order valence-corrected chi connectivity index (χ2v) is 5.76. The molecule has 1 heterocycles. The van der Waals surface area contributed by atoms with E-state index in [4.69, 9.17) is 23.2 Å². The smallest absolute Gasteiger partial charge is 0.246 e. The van der Waals surface area contributed by atoms with Gasteiger partial charge < -0.3 is 10.2 Å². The van der Waals surface area contributed by atoms with Crippen LogP contribution in [-0.4, -0.2) is 37.5 Å². The van der Waals surface area contributed by atoms with Crippen LogP contribution in [0.15, 0.2) is 24.3 Å². The third kappa shape index (κ3) is 3.75. The normalized spacial score (nSPS) is 18.9. The highest BCUT2D eigenvalue weighted by Crippen LogP contribution is 2.26. The zero-order valence-corrected chi connectivity index (χ0v) is 12.9. The van der Waals surface area contributed by atoms with Crippen molar-refractivity contribution in [2.24, 2.45) is 5.92 Å². The number of carbonyl (C=O) groups excluding carboxylic acids is 1. The number of carbonyl (C=O) groups is 1. The molecule has 0 aromatic heterocycles. The van der Waals surface area contributed by atoms with E-state index in [1.807, 2.05) is 24.1 Å². The lowest BCUT2D eigenvalue weighted by molar-refractivity contribution is -0.125. The van der Waals surface area contributed by atoms with E-state index in [0.29, 0.717) is 16.0 Å². The quantitative estimate of drug-likeness (QED) is 0.867. The zero-order chi connectivity index (χ0) is 14.5. The first-order chi connectivity index (χ1) is 9.61. The van der Waals surface area contributed by atoms with Crippen molar-refractivity contribution in [1.82, 2.24) is 10.2 Å². The Kier molecular flexibility index (Phi) is 5.46. The maximum atomic E-state index is 12.1. The molecule has 1 amide bonds. The largest absolute Gasteiger partial charge is 0.339 e. The van der Waals surface area contributed by atoms with Crippen LogP contribution >= 0.6 is 23.2 Å². The van der Waals surface area contributed by atoms with Crippen LogP contribution in [0.2, 0.25) is 10.0 Å². The van der Waals surface area contributed by atoms with Crippen LogP contribution in [0, 0.1) is 5.92 Å². The molecule has 20 heavy (non-hydrogen) atoms. The van der Waals surface area contributed by atoms with Crippen molar-refractivity contribution in [2.75, 3.05) is 26.7 Å². The van der Waals surface area contributed by atoms with Gasteiger partial charge in [0.2, 0.25) is 5.91 Å². The molecule has 0 bridgehead atoms. The Morgan fingerprint density at radius 1 is 1.50 bits per heavy atom. The van der Waals surface area contributed by atoms with E-state index < -0.39 is 0 Å². The summed E-state index contributed by atoms with van der Waals surface area (Å²) in [4.78, 5) is 14.0. The fraction of sp³-hybridized carbons (Fsp3) is 0.400. The van der Waals surface area contributed by atoms with Crippen molar-refractivity contribution in [3.63, 3.8) is 0 Å². The summed E-state index contributed by atoms with van der Waals surface area (Å²) in [5.74, 6) is 0.576. The fourth-order valence-corrected chi connectivity index (χ4v) is 2.77. The molecule has 108 valence electrons. The van der Waals surface area contributed by atoms with Gasteiger partial charge in [-0.1, -0.05) is 35.3 Å². The summed E-state index contributed by atoms with van der Waals surface area (Å²) in [5.41, 5.74) is 0.762. The molecule has 1 aliphatic heterocycles. The Bertz CT molecular complexity index is 517. The molecule has 1 aromatic rings. The predicted octanol–water partition coefficient (Wildman–Crippen LogP) is 3.07. The molecule has 1 aromatic carbocycles. The van der Waals surface area contributed by atoms with E-state index in [1.165, 1.54) is 0 Å². The SMILES string of the molecule is CNCC1CCN(C(=O)C=Cc2cccc(Cl)c2Cl)C1. The number of benzene rings is 1. The van der Waals surface area contributed by atoms with Crippen molar-refractivity contribution < 1.29 is 4.79 Å². The van der Waals surface area contributed by atoms with Crippen molar-refractivity contribution in [3.05, 3.63) is 39.9 Å². The van der Waals surface area contributed by atoms with Gasteiger partial charge in [-0.05, 0) is 43.6 Å². The number of amides is 1. The minimum absolute atomic E-state index is 0.0274. The van der Waals surface area contributed by atoms with Crippen LogP contribution in [-0.2, 0) is 4.79 Å². The van der Waals surface area contributed by atoms with Crippen LogP contribution < -0.4 is 5.32 Å². The lowest BCUT2D eigenvalue weighted by Crippen LogP contribution is -2.28. The van der Waals surface area contributed by atoms with E-state index in [0.717, 1.165) is 31.6 Å². The average molecular weight is 313 g/mol. The van der Waals surface area contributed by atoms with Crippen LogP contribution in [0.1, 0.15) is 12.0 Å². The molecule has 1 unspecified atom stereocenters. The van der Waals surface area contributed by atoms with Gasteiger partial charge in [0.05, 0.1) is 10.0 Å². The molecule has 0 spiro atoms. The van der Waals surface area contributed by atoms with Gasteiger partial charge in [0, 0.05) is 19.2 Å². The summed E-state index contributed by atoms with van der Waals surface area (Å²) >= 11 is 12.0. The molecule has 3 nitrogen and oxygen atoms in total. The van der Waals surface area contributed by atoms with Crippen molar-refractivity contribution in [3.8, 4) is 0 Å². The van der Waals surface area contributed by atoms with Crippen LogP contribution in [0.25, 0.3) is 6.08 Å². The first-order valence-corrected chi connectivity index (χ1v) is 7.43. The van der Waals surface area contributed by atoms with Gasteiger partial charge in [-0.2, -0.15) is 0 Å². The van der Waals surface area contributed by atoms with Crippen LogP contribution in [0.5, 0.6) is 0 Å². The number of hydrogen-bond acceptors (Lipinski definition) is 2. The summed E-state index contributed by atoms with van der Waals surface area (Å²) in [6.45, 7) is 2.58. The number of likely N-dealkylation sites (tertiary alicyclic amines) is 1. The minimum atomic E-state index is 0.0274. The Morgan fingerprint density at radius 3 is 3.05 bits per heavy atom. The van der Waals surface area contributed by atoms with Gasteiger partial charge in [0.15, 0.2) is 0 Å². The number of halogens is 2. The third-order valence-electron chi connectivity index (χ3n) is 3.48. The van der Waals surface area contributed by atoms with Gasteiger partial charge in [0.1, 0.15) is 0 Å². The van der Waals surface area contributed by atoms with Crippen molar-refractivity contribution in [2.45, 2.75) is 6.42 Å². The molecule has 1 N–H and O–H groups in total. The summed E-state index contributed by atoms with van der Waals surface area (Å²) < 4.78 is 0. The highest BCUT2D eigenvalue weighted by Gasteiger charge is 2.24. The van der Waals surface area contributed by atoms with E-state index in [9.17, 15) is 4.79 Å². The average Bonchev–Trinajstić information content (AvgIpc) is 2.89. The van der Waals surface area contributed by atoms with Gasteiger partial charge in [-0.3, -0.25) is 4.79 Å². The van der Waals surface area contributed by atoms with Crippen LogP contribution in [0.4, 0.5) is 0 Å². The molecule has 1 aliphatic rings. The maximum Gasteiger partial charge on any atom is 0.246 e. The van der Waals surface area contributed by atoms with Gasteiger partial charge in [-0.15, -0.1) is 0 Å². The first kappa shape index (κ1) is 15.4. The van der Waals surface area contributed by atoms with E-state index in [2.05, 4.69) is 5.32 Å². The number of rotatable bonds is 4. The van der Waals surface area contributed by atoms with Gasteiger partial charge in [0.25, 0.3) is 0 Å². The topological polar surface area (TPSA) is 32.3 Å². The molecule has 2 rings (SSSR count). The summed E-state index contributed by atoms with van der Waals surface area (Å²) in [6.07, 6.45) is 4.35. The highest BCUT2D eigenvalue weighted by atomic mass is 35.5. The highest BCUT2D eigenvalue weighted by molar-refractivity contribution is 6.42. The maximum absolute atomic E-state index is 12.1. The standard InChI is InChI=1S/C15H18Cl2N2O/c1-18-9-11-7-8-19(10-11)14(20)6-5-12-3-2-4-13(16)15(12)17/h2-6,11,18H,7-10H2,1H3. The summed E-state index contributed by atoms with van der Waals surface area (Å²) in [5, 5.41) is 4.13. The first-order valence-electron chi connectivity index (χ1n) is 6.67. The molecule has 5 heteroatoms. The zero-order valence-electron chi connectivity index (χ0n) is 11.4. The molecule has 1 atom stereocenters. The molecule has 1 saturated heterocycles. The Hall–Kier alpha value is -1.03. The monoisotopic (exact) mass is 312 g/mol. The fourth-order valence-electron chi connectivity index (χ4n) is 2.40. The molecule has 0 radical (unpaired) electrons.